The third kappa shape index (κ3) is 6.22. The average Bonchev–Trinajstić information content (AvgIpc) is 2.78. The molecule has 10 nitrogen and oxygen atoms in total. The van der Waals surface area contributed by atoms with Crippen molar-refractivity contribution in [1.29, 1.82) is 0 Å². The fraction of sp³-hybridized carbons (Fsp3) is 0.650. The number of amides is 1. The molecule has 1 aliphatic heterocycles. The van der Waals surface area contributed by atoms with Gasteiger partial charge in [0.25, 0.3) is 15.9 Å². The van der Waals surface area contributed by atoms with Crippen LogP contribution >= 0.6 is 0 Å². The van der Waals surface area contributed by atoms with Gasteiger partial charge < -0.3 is 10.2 Å². The predicted molar refractivity (Wildman–Crippen MR) is 118 cm³/mol. The molecule has 0 radical (unpaired) electrons. The Labute approximate surface area is 183 Å². The maximum atomic E-state index is 13.0. The van der Waals surface area contributed by atoms with Gasteiger partial charge in [0.2, 0.25) is 5.91 Å². The van der Waals surface area contributed by atoms with E-state index in [2.05, 4.69) is 10.2 Å². The number of hydrogen-bond donors (Lipinski definition) is 1. The fourth-order valence-corrected chi connectivity index (χ4v) is 5.76. The van der Waals surface area contributed by atoms with Crippen molar-refractivity contribution >= 4 is 27.5 Å². The lowest BCUT2D eigenvalue weighted by atomic mass is 9.96. The second kappa shape index (κ2) is 10.5. The van der Waals surface area contributed by atoms with Crippen LogP contribution in [0.2, 0.25) is 0 Å². The molecule has 0 aromatic heterocycles. The van der Waals surface area contributed by atoms with Crippen LogP contribution in [0.1, 0.15) is 38.5 Å². The first-order valence-electron chi connectivity index (χ1n) is 10.8. The van der Waals surface area contributed by atoms with Gasteiger partial charge in [0.05, 0.1) is 4.92 Å². The van der Waals surface area contributed by atoms with Crippen LogP contribution in [0.4, 0.5) is 11.4 Å². The van der Waals surface area contributed by atoms with E-state index in [1.165, 1.54) is 24.6 Å². The van der Waals surface area contributed by atoms with E-state index in [-0.39, 0.29) is 24.1 Å². The molecule has 1 amide bonds. The second-order valence-corrected chi connectivity index (χ2v) is 10.2. The molecular weight excluding hydrogens is 422 g/mol. The van der Waals surface area contributed by atoms with Crippen molar-refractivity contribution in [2.24, 2.45) is 0 Å². The van der Waals surface area contributed by atoms with Gasteiger partial charge in [-0.3, -0.25) is 14.9 Å². The molecule has 1 aromatic carbocycles. The molecule has 2 aliphatic rings. The second-order valence-electron chi connectivity index (χ2n) is 8.16. The summed E-state index contributed by atoms with van der Waals surface area (Å²) in [6, 6.07) is 5.92. The molecule has 1 aromatic rings. The van der Waals surface area contributed by atoms with E-state index < -0.39 is 15.1 Å². The molecule has 11 heteroatoms. The zero-order chi connectivity index (χ0) is 22.4. The van der Waals surface area contributed by atoms with Crippen LogP contribution in [-0.2, 0) is 15.0 Å². The molecular formula is C20H31N5O5S. The van der Waals surface area contributed by atoms with E-state index >= 15 is 0 Å². The number of non-ortho nitro benzene ring substituents is 1. The Kier molecular flexibility index (Phi) is 7.98. The number of benzene rings is 1. The Hall–Kier alpha value is -2.08. The van der Waals surface area contributed by atoms with Crippen LogP contribution in [0.25, 0.3) is 0 Å². The summed E-state index contributed by atoms with van der Waals surface area (Å²) in [5, 5.41) is 13.5. The summed E-state index contributed by atoms with van der Waals surface area (Å²) >= 11 is 0. The van der Waals surface area contributed by atoms with Gasteiger partial charge in [-0.05, 0) is 18.9 Å². The van der Waals surface area contributed by atoms with Crippen molar-refractivity contribution in [3.63, 3.8) is 0 Å². The zero-order valence-electron chi connectivity index (χ0n) is 17.9. The highest BCUT2D eigenvalue weighted by Gasteiger charge is 2.34. The molecule has 1 heterocycles. The monoisotopic (exact) mass is 453 g/mol. The summed E-state index contributed by atoms with van der Waals surface area (Å²) in [5.74, 6) is -0.229. The molecule has 0 bridgehead atoms. The van der Waals surface area contributed by atoms with Crippen LogP contribution in [0.3, 0.4) is 0 Å². The number of nitrogens with zero attached hydrogens (tertiary/aromatic N) is 4. The van der Waals surface area contributed by atoms with Gasteiger partial charge in [-0.15, -0.1) is 0 Å². The Morgan fingerprint density at radius 1 is 1.19 bits per heavy atom. The molecule has 1 saturated heterocycles. The lowest BCUT2D eigenvalue weighted by Gasteiger charge is -2.38. The Balaban J connectivity index is 1.44. The molecule has 1 aliphatic carbocycles. The summed E-state index contributed by atoms with van der Waals surface area (Å²) in [7, 11) is -1.77. The van der Waals surface area contributed by atoms with E-state index in [9.17, 15) is 23.3 Å². The van der Waals surface area contributed by atoms with E-state index in [0.717, 1.165) is 25.7 Å². The SMILES string of the molecule is CN(C1CCCCC1)S(=O)(=O)N1CCN(CCC(=O)Nc2cccc([N+](=O)[O-])c2)CC1. The highest BCUT2D eigenvalue weighted by molar-refractivity contribution is 7.86. The van der Waals surface area contributed by atoms with Gasteiger partial charge in [0.1, 0.15) is 0 Å². The number of anilines is 1. The minimum Gasteiger partial charge on any atom is -0.326 e. The highest BCUT2D eigenvalue weighted by Crippen LogP contribution is 2.25. The molecule has 0 spiro atoms. The lowest BCUT2D eigenvalue weighted by molar-refractivity contribution is -0.384. The normalized spacial score (nSPS) is 19.4. The van der Waals surface area contributed by atoms with Gasteiger partial charge in [-0.2, -0.15) is 17.0 Å². The van der Waals surface area contributed by atoms with Crippen molar-refractivity contribution in [2.45, 2.75) is 44.6 Å². The Morgan fingerprint density at radius 2 is 1.87 bits per heavy atom. The molecule has 1 N–H and O–H groups in total. The summed E-state index contributed by atoms with van der Waals surface area (Å²) in [6.45, 7) is 2.47. The standard InChI is InChI=1S/C20H31N5O5S/c1-22(18-7-3-2-4-8-18)31(29,30)24-14-12-23(13-15-24)11-10-20(26)21-17-6-5-9-19(16-17)25(27)28/h5-6,9,16,18H,2-4,7-8,10-15H2,1H3,(H,21,26). The van der Waals surface area contributed by atoms with E-state index in [1.807, 2.05) is 0 Å². The minimum atomic E-state index is -3.46. The van der Waals surface area contributed by atoms with Crippen LogP contribution in [0, 0.1) is 10.1 Å². The van der Waals surface area contributed by atoms with E-state index in [4.69, 9.17) is 0 Å². The number of rotatable bonds is 8. The quantitative estimate of drug-likeness (QED) is 0.476. The predicted octanol–water partition coefficient (Wildman–Crippen LogP) is 2.05. The molecule has 2 fully saturated rings. The van der Waals surface area contributed by atoms with Gasteiger partial charge in [-0.1, -0.05) is 25.3 Å². The topological polar surface area (TPSA) is 116 Å². The Bertz CT molecular complexity index is 880. The van der Waals surface area contributed by atoms with Crippen molar-refractivity contribution in [1.82, 2.24) is 13.5 Å². The van der Waals surface area contributed by atoms with Gasteiger partial charge in [-0.25, -0.2) is 0 Å². The summed E-state index contributed by atoms with van der Waals surface area (Å²) in [6.07, 6.45) is 5.42. The Morgan fingerprint density at radius 3 is 2.52 bits per heavy atom. The van der Waals surface area contributed by atoms with Crippen molar-refractivity contribution in [2.75, 3.05) is 45.1 Å². The minimum absolute atomic E-state index is 0.0756. The first-order chi connectivity index (χ1) is 14.8. The van der Waals surface area contributed by atoms with Gasteiger partial charge >= 0.3 is 0 Å². The van der Waals surface area contributed by atoms with Crippen LogP contribution in [0.15, 0.2) is 24.3 Å². The smallest absolute Gasteiger partial charge is 0.282 e. The van der Waals surface area contributed by atoms with Crippen molar-refractivity contribution in [3.8, 4) is 0 Å². The van der Waals surface area contributed by atoms with Crippen LogP contribution in [-0.4, -0.2) is 78.6 Å². The van der Waals surface area contributed by atoms with Crippen molar-refractivity contribution < 1.29 is 18.1 Å². The van der Waals surface area contributed by atoms with Gasteiger partial charge in [0, 0.05) is 70.1 Å². The maximum absolute atomic E-state index is 13.0. The van der Waals surface area contributed by atoms with Gasteiger partial charge in [0.15, 0.2) is 0 Å². The summed E-state index contributed by atoms with van der Waals surface area (Å²) < 4.78 is 29.0. The number of nitro groups is 1. The highest BCUT2D eigenvalue weighted by atomic mass is 32.2. The third-order valence-corrected chi connectivity index (χ3v) is 8.15. The third-order valence-electron chi connectivity index (χ3n) is 6.11. The number of hydrogen-bond acceptors (Lipinski definition) is 6. The van der Waals surface area contributed by atoms with Crippen LogP contribution in [0.5, 0.6) is 0 Å². The van der Waals surface area contributed by atoms with Crippen LogP contribution < -0.4 is 5.32 Å². The molecule has 0 unspecified atom stereocenters. The molecule has 31 heavy (non-hydrogen) atoms. The largest absolute Gasteiger partial charge is 0.326 e. The van der Waals surface area contributed by atoms with E-state index in [1.54, 1.807) is 21.7 Å². The van der Waals surface area contributed by atoms with Crippen molar-refractivity contribution in [3.05, 3.63) is 34.4 Å². The number of carbonyl (C=O) groups is 1. The van der Waals surface area contributed by atoms with E-state index in [0.29, 0.717) is 38.4 Å². The summed E-state index contributed by atoms with van der Waals surface area (Å²) in [5.41, 5.74) is 0.314. The molecule has 3 rings (SSSR count). The number of piperazine rings is 1. The lowest BCUT2D eigenvalue weighted by Crippen LogP contribution is -2.54. The average molecular weight is 454 g/mol. The zero-order valence-corrected chi connectivity index (χ0v) is 18.7. The summed E-state index contributed by atoms with van der Waals surface area (Å²) in [4.78, 5) is 24.6. The molecule has 172 valence electrons. The fourth-order valence-electron chi connectivity index (χ4n) is 4.18. The maximum Gasteiger partial charge on any atom is 0.282 e. The number of carbonyl (C=O) groups excluding carboxylic acids is 1. The molecule has 1 saturated carbocycles. The first kappa shape index (κ1) is 23.6. The number of nitrogens with one attached hydrogen (secondary N) is 1. The first-order valence-corrected chi connectivity index (χ1v) is 12.2. The molecule has 0 atom stereocenters. The number of nitro benzene ring substituents is 1.